The largest absolute Gasteiger partial charge is 0.330 e. The Hall–Kier alpha value is -0.860. The molecule has 2 nitrogen and oxygen atoms in total. The Balaban J connectivity index is 2.45. The van der Waals surface area contributed by atoms with Crippen LogP contribution in [0.4, 0.5) is 0 Å². The second-order valence-corrected chi connectivity index (χ2v) is 3.74. The standard InChI is InChI=1S/C10H10ClNO/c11-8-2-1-6-3-7(5-12)10(13)9(6)4-8/h1-2,4,7H,3,5,12H2. The van der Waals surface area contributed by atoms with Crippen molar-refractivity contribution in [3.63, 3.8) is 0 Å². The Labute approximate surface area is 81.7 Å². The molecule has 0 bridgehead atoms. The molecule has 0 amide bonds. The van der Waals surface area contributed by atoms with Gasteiger partial charge in [0, 0.05) is 23.0 Å². The molecule has 13 heavy (non-hydrogen) atoms. The molecule has 0 spiro atoms. The van der Waals surface area contributed by atoms with Crippen LogP contribution in [0.25, 0.3) is 0 Å². The van der Waals surface area contributed by atoms with Crippen LogP contribution in [0.15, 0.2) is 18.2 Å². The first-order valence-electron chi connectivity index (χ1n) is 4.25. The van der Waals surface area contributed by atoms with E-state index in [0.29, 0.717) is 11.6 Å². The van der Waals surface area contributed by atoms with Crippen LogP contribution in [-0.2, 0) is 6.42 Å². The van der Waals surface area contributed by atoms with Gasteiger partial charge in [-0.3, -0.25) is 4.79 Å². The molecule has 0 saturated carbocycles. The third-order valence-corrected chi connectivity index (χ3v) is 2.69. The summed E-state index contributed by atoms with van der Waals surface area (Å²) in [6.07, 6.45) is 0.766. The van der Waals surface area contributed by atoms with E-state index >= 15 is 0 Å². The average molecular weight is 196 g/mol. The SMILES string of the molecule is NCC1Cc2ccc(Cl)cc2C1=O. The van der Waals surface area contributed by atoms with E-state index in [2.05, 4.69) is 0 Å². The summed E-state index contributed by atoms with van der Waals surface area (Å²) in [5.74, 6) is 0.105. The number of Topliss-reactive ketones (excluding diaryl/α,β-unsaturated/α-hetero) is 1. The molecule has 1 aromatic rings. The third kappa shape index (κ3) is 1.36. The fraction of sp³-hybridized carbons (Fsp3) is 0.300. The zero-order chi connectivity index (χ0) is 9.42. The van der Waals surface area contributed by atoms with E-state index in [9.17, 15) is 4.79 Å². The van der Waals surface area contributed by atoms with Gasteiger partial charge in [-0.05, 0) is 24.1 Å². The smallest absolute Gasteiger partial charge is 0.167 e. The Morgan fingerprint density at radius 2 is 2.31 bits per heavy atom. The predicted octanol–water partition coefficient (Wildman–Crippen LogP) is 1.65. The summed E-state index contributed by atoms with van der Waals surface area (Å²) in [7, 11) is 0. The van der Waals surface area contributed by atoms with Gasteiger partial charge in [0.2, 0.25) is 0 Å². The number of fused-ring (bicyclic) bond motifs is 1. The summed E-state index contributed by atoms with van der Waals surface area (Å²) in [6, 6.07) is 5.45. The first kappa shape index (κ1) is 8.73. The lowest BCUT2D eigenvalue weighted by atomic mass is 10.1. The number of hydrogen-bond donors (Lipinski definition) is 1. The first-order chi connectivity index (χ1) is 6.22. The summed E-state index contributed by atoms with van der Waals surface area (Å²) in [6.45, 7) is 0.422. The van der Waals surface area contributed by atoms with E-state index in [1.807, 2.05) is 12.1 Å². The number of rotatable bonds is 1. The molecule has 1 aromatic carbocycles. The van der Waals surface area contributed by atoms with Gasteiger partial charge >= 0.3 is 0 Å². The van der Waals surface area contributed by atoms with Crippen LogP contribution in [0.3, 0.4) is 0 Å². The lowest BCUT2D eigenvalue weighted by Gasteiger charge is -2.00. The minimum absolute atomic E-state index is 0.0338. The van der Waals surface area contributed by atoms with E-state index in [1.54, 1.807) is 6.07 Å². The van der Waals surface area contributed by atoms with Crippen molar-refractivity contribution in [1.29, 1.82) is 0 Å². The highest BCUT2D eigenvalue weighted by atomic mass is 35.5. The normalized spacial score (nSPS) is 20.5. The van der Waals surface area contributed by atoms with Crippen molar-refractivity contribution in [3.8, 4) is 0 Å². The summed E-state index contributed by atoms with van der Waals surface area (Å²) in [4.78, 5) is 11.6. The maximum Gasteiger partial charge on any atom is 0.167 e. The number of carbonyl (C=O) groups excluding carboxylic acids is 1. The zero-order valence-electron chi connectivity index (χ0n) is 7.09. The molecule has 0 heterocycles. The number of benzene rings is 1. The second-order valence-electron chi connectivity index (χ2n) is 3.30. The molecule has 2 rings (SSSR count). The van der Waals surface area contributed by atoms with Gasteiger partial charge in [0.15, 0.2) is 5.78 Å². The van der Waals surface area contributed by atoms with E-state index < -0.39 is 0 Å². The Morgan fingerprint density at radius 3 is 3.00 bits per heavy atom. The summed E-state index contributed by atoms with van der Waals surface area (Å²) in [5, 5.41) is 0.616. The molecule has 0 fully saturated rings. The van der Waals surface area contributed by atoms with Crippen molar-refractivity contribution >= 4 is 17.4 Å². The van der Waals surface area contributed by atoms with E-state index in [-0.39, 0.29) is 11.7 Å². The van der Waals surface area contributed by atoms with Crippen molar-refractivity contribution in [1.82, 2.24) is 0 Å². The fourth-order valence-electron chi connectivity index (χ4n) is 1.72. The minimum atomic E-state index is -0.0338. The number of carbonyl (C=O) groups is 1. The number of hydrogen-bond acceptors (Lipinski definition) is 2. The van der Waals surface area contributed by atoms with Gasteiger partial charge in [0.25, 0.3) is 0 Å². The first-order valence-corrected chi connectivity index (χ1v) is 4.63. The summed E-state index contributed by atoms with van der Waals surface area (Å²) in [5.41, 5.74) is 7.31. The minimum Gasteiger partial charge on any atom is -0.330 e. The van der Waals surface area contributed by atoms with Gasteiger partial charge in [-0.2, -0.15) is 0 Å². The van der Waals surface area contributed by atoms with Gasteiger partial charge in [-0.1, -0.05) is 17.7 Å². The van der Waals surface area contributed by atoms with Crippen molar-refractivity contribution in [3.05, 3.63) is 34.3 Å². The number of halogens is 1. The van der Waals surface area contributed by atoms with Crippen LogP contribution < -0.4 is 5.73 Å². The van der Waals surface area contributed by atoms with Crippen LogP contribution in [0.5, 0.6) is 0 Å². The maximum absolute atomic E-state index is 11.6. The molecule has 1 aliphatic rings. The topological polar surface area (TPSA) is 43.1 Å². The Kier molecular flexibility index (Phi) is 2.10. The maximum atomic E-state index is 11.6. The van der Waals surface area contributed by atoms with Crippen LogP contribution >= 0.6 is 11.6 Å². The highest BCUT2D eigenvalue weighted by Crippen LogP contribution is 2.28. The lowest BCUT2D eigenvalue weighted by molar-refractivity contribution is 0.0941. The quantitative estimate of drug-likeness (QED) is 0.741. The van der Waals surface area contributed by atoms with Crippen molar-refractivity contribution in [2.45, 2.75) is 6.42 Å². The monoisotopic (exact) mass is 195 g/mol. The summed E-state index contributed by atoms with van der Waals surface area (Å²) >= 11 is 5.80. The average Bonchev–Trinajstić information content (AvgIpc) is 2.44. The van der Waals surface area contributed by atoms with Crippen molar-refractivity contribution in [2.24, 2.45) is 11.7 Å². The van der Waals surface area contributed by atoms with Gasteiger partial charge in [0.05, 0.1) is 0 Å². The number of nitrogens with two attached hydrogens (primary N) is 1. The zero-order valence-corrected chi connectivity index (χ0v) is 7.84. The van der Waals surface area contributed by atoms with Gasteiger partial charge in [0.1, 0.15) is 0 Å². The van der Waals surface area contributed by atoms with Crippen LogP contribution in [-0.4, -0.2) is 12.3 Å². The molecule has 1 unspecified atom stereocenters. The molecule has 68 valence electrons. The molecule has 1 aliphatic carbocycles. The molecule has 0 saturated heterocycles. The molecule has 1 atom stereocenters. The Morgan fingerprint density at radius 1 is 1.54 bits per heavy atom. The van der Waals surface area contributed by atoms with Crippen LogP contribution in [0.1, 0.15) is 15.9 Å². The third-order valence-electron chi connectivity index (χ3n) is 2.46. The highest BCUT2D eigenvalue weighted by Gasteiger charge is 2.29. The predicted molar refractivity (Wildman–Crippen MR) is 52.0 cm³/mol. The van der Waals surface area contributed by atoms with E-state index in [1.165, 1.54) is 0 Å². The van der Waals surface area contributed by atoms with Crippen molar-refractivity contribution < 1.29 is 4.79 Å². The summed E-state index contributed by atoms with van der Waals surface area (Å²) < 4.78 is 0. The Bertz CT molecular complexity index is 362. The molecule has 0 aromatic heterocycles. The molecule has 0 radical (unpaired) electrons. The van der Waals surface area contributed by atoms with Gasteiger partial charge in [-0.15, -0.1) is 0 Å². The fourth-order valence-corrected chi connectivity index (χ4v) is 1.90. The van der Waals surface area contributed by atoms with Crippen LogP contribution in [0, 0.1) is 5.92 Å². The van der Waals surface area contributed by atoms with E-state index in [4.69, 9.17) is 17.3 Å². The van der Waals surface area contributed by atoms with E-state index in [0.717, 1.165) is 17.5 Å². The van der Waals surface area contributed by atoms with Crippen LogP contribution in [0.2, 0.25) is 5.02 Å². The number of ketones is 1. The van der Waals surface area contributed by atoms with Crippen molar-refractivity contribution in [2.75, 3.05) is 6.54 Å². The van der Waals surface area contributed by atoms with Gasteiger partial charge < -0.3 is 5.73 Å². The molecule has 2 N–H and O–H groups in total. The van der Waals surface area contributed by atoms with Gasteiger partial charge in [-0.25, -0.2) is 0 Å². The molecule has 3 heteroatoms. The molecule has 0 aliphatic heterocycles. The lowest BCUT2D eigenvalue weighted by Crippen LogP contribution is -2.19. The second kappa shape index (κ2) is 3.13. The highest BCUT2D eigenvalue weighted by molar-refractivity contribution is 6.31. The molecular formula is C10H10ClNO. The molecular weight excluding hydrogens is 186 g/mol.